The molecule has 1 aromatic carbocycles. The summed E-state index contributed by atoms with van der Waals surface area (Å²) in [6.45, 7) is 3.60. The zero-order chi connectivity index (χ0) is 12.0. The minimum atomic E-state index is -0.110. The molecule has 0 spiro atoms. The average Bonchev–Trinajstić information content (AvgIpc) is 2.19. The predicted molar refractivity (Wildman–Crippen MR) is 64.5 cm³/mol. The number of hydrogen-bond acceptors (Lipinski definition) is 3. The van der Waals surface area contributed by atoms with Crippen molar-refractivity contribution >= 4 is 23.1 Å². The summed E-state index contributed by atoms with van der Waals surface area (Å²) in [6, 6.07) is 7.41. The fraction of sp³-hybridized carbons (Fsp3) is 0.333. The highest BCUT2D eigenvalue weighted by Crippen LogP contribution is 2.20. The molecule has 0 saturated carbocycles. The highest BCUT2D eigenvalue weighted by atomic mass is 16.1. The second-order valence-electron chi connectivity index (χ2n) is 3.61. The SMILES string of the molecule is CC(=O)CCNc1ccccc1NC(C)=O. The molecular weight excluding hydrogens is 204 g/mol. The maximum Gasteiger partial charge on any atom is 0.221 e. The van der Waals surface area contributed by atoms with Crippen LogP contribution in [0.25, 0.3) is 0 Å². The van der Waals surface area contributed by atoms with Crippen LogP contribution in [0.5, 0.6) is 0 Å². The smallest absolute Gasteiger partial charge is 0.221 e. The van der Waals surface area contributed by atoms with E-state index in [0.29, 0.717) is 13.0 Å². The van der Waals surface area contributed by atoms with Gasteiger partial charge in [-0.05, 0) is 19.1 Å². The Hall–Kier alpha value is -1.84. The monoisotopic (exact) mass is 220 g/mol. The predicted octanol–water partition coefficient (Wildman–Crippen LogP) is 2.04. The van der Waals surface area contributed by atoms with Crippen molar-refractivity contribution in [3.8, 4) is 0 Å². The molecule has 0 atom stereocenters. The summed E-state index contributed by atoms with van der Waals surface area (Å²) >= 11 is 0. The molecule has 0 unspecified atom stereocenters. The van der Waals surface area contributed by atoms with Gasteiger partial charge in [-0.15, -0.1) is 0 Å². The van der Waals surface area contributed by atoms with E-state index in [1.165, 1.54) is 6.92 Å². The molecule has 1 aromatic rings. The summed E-state index contributed by atoms with van der Waals surface area (Å²) in [4.78, 5) is 21.7. The molecule has 0 fully saturated rings. The Morgan fingerprint density at radius 1 is 1.12 bits per heavy atom. The number of hydrogen-bond donors (Lipinski definition) is 2. The molecule has 86 valence electrons. The molecule has 0 heterocycles. The third-order valence-electron chi connectivity index (χ3n) is 2.03. The van der Waals surface area contributed by atoms with Crippen LogP contribution in [0.15, 0.2) is 24.3 Å². The van der Waals surface area contributed by atoms with Gasteiger partial charge in [0.1, 0.15) is 5.78 Å². The van der Waals surface area contributed by atoms with Gasteiger partial charge < -0.3 is 10.6 Å². The lowest BCUT2D eigenvalue weighted by Gasteiger charge is -2.11. The van der Waals surface area contributed by atoms with Gasteiger partial charge >= 0.3 is 0 Å². The molecule has 2 N–H and O–H groups in total. The van der Waals surface area contributed by atoms with Gasteiger partial charge in [0, 0.05) is 19.9 Å². The third-order valence-corrected chi connectivity index (χ3v) is 2.03. The van der Waals surface area contributed by atoms with Crippen LogP contribution >= 0.6 is 0 Å². The standard InChI is InChI=1S/C12H16N2O2/c1-9(15)7-8-13-11-5-3-4-6-12(11)14-10(2)16/h3-6,13H,7-8H2,1-2H3,(H,14,16). The van der Waals surface area contributed by atoms with Gasteiger partial charge in [0.25, 0.3) is 0 Å². The molecule has 16 heavy (non-hydrogen) atoms. The Morgan fingerprint density at radius 2 is 1.75 bits per heavy atom. The molecule has 0 aliphatic rings. The van der Waals surface area contributed by atoms with Crippen molar-refractivity contribution in [3.05, 3.63) is 24.3 Å². The number of para-hydroxylation sites is 2. The molecule has 0 aliphatic carbocycles. The molecule has 4 heteroatoms. The fourth-order valence-electron chi connectivity index (χ4n) is 1.31. The average molecular weight is 220 g/mol. The van der Waals surface area contributed by atoms with Gasteiger partial charge in [0.2, 0.25) is 5.91 Å². The molecule has 0 bridgehead atoms. The van der Waals surface area contributed by atoms with E-state index < -0.39 is 0 Å². The number of rotatable bonds is 5. The van der Waals surface area contributed by atoms with E-state index in [0.717, 1.165) is 11.4 Å². The zero-order valence-corrected chi connectivity index (χ0v) is 9.54. The number of carbonyl (C=O) groups is 2. The number of benzene rings is 1. The number of ketones is 1. The van der Waals surface area contributed by atoms with E-state index in [2.05, 4.69) is 10.6 Å². The van der Waals surface area contributed by atoms with E-state index in [4.69, 9.17) is 0 Å². The summed E-state index contributed by atoms with van der Waals surface area (Å²) < 4.78 is 0. The van der Waals surface area contributed by atoms with Gasteiger partial charge in [0.15, 0.2) is 0 Å². The highest BCUT2D eigenvalue weighted by Gasteiger charge is 2.02. The van der Waals surface area contributed by atoms with Gasteiger partial charge in [-0.3, -0.25) is 9.59 Å². The second-order valence-corrected chi connectivity index (χ2v) is 3.61. The Bertz CT molecular complexity index is 388. The molecule has 1 rings (SSSR count). The van der Waals surface area contributed by atoms with E-state index in [1.54, 1.807) is 6.92 Å². The van der Waals surface area contributed by atoms with Crippen LogP contribution in [0.4, 0.5) is 11.4 Å². The molecule has 0 aliphatic heterocycles. The van der Waals surface area contributed by atoms with Crippen molar-refractivity contribution in [2.45, 2.75) is 20.3 Å². The largest absolute Gasteiger partial charge is 0.383 e. The van der Waals surface area contributed by atoms with Crippen molar-refractivity contribution in [2.75, 3.05) is 17.2 Å². The molecule has 1 amide bonds. The number of amides is 1. The molecule has 0 radical (unpaired) electrons. The quantitative estimate of drug-likeness (QED) is 0.798. The first-order chi connectivity index (χ1) is 7.59. The van der Waals surface area contributed by atoms with Crippen molar-refractivity contribution in [1.82, 2.24) is 0 Å². The van der Waals surface area contributed by atoms with Crippen LogP contribution in [0.3, 0.4) is 0 Å². The van der Waals surface area contributed by atoms with E-state index in [9.17, 15) is 9.59 Å². The minimum absolute atomic E-state index is 0.110. The van der Waals surface area contributed by atoms with Gasteiger partial charge in [-0.2, -0.15) is 0 Å². The number of anilines is 2. The first-order valence-corrected chi connectivity index (χ1v) is 5.19. The minimum Gasteiger partial charge on any atom is -0.383 e. The number of carbonyl (C=O) groups excluding carboxylic acids is 2. The third kappa shape index (κ3) is 4.13. The Kier molecular flexibility index (Phi) is 4.51. The lowest BCUT2D eigenvalue weighted by Crippen LogP contribution is -2.11. The van der Waals surface area contributed by atoms with Crippen LogP contribution in [-0.2, 0) is 9.59 Å². The summed E-state index contributed by atoms with van der Waals surface area (Å²) in [7, 11) is 0. The van der Waals surface area contributed by atoms with Crippen molar-refractivity contribution in [3.63, 3.8) is 0 Å². The lowest BCUT2D eigenvalue weighted by atomic mass is 10.2. The van der Waals surface area contributed by atoms with Crippen molar-refractivity contribution in [1.29, 1.82) is 0 Å². The van der Waals surface area contributed by atoms with E-state index in [-0.39, 0.29) is 11.7 Å². The normalized spacial score (nSPS) is 9.62. The highest BCUT2D eigenvalue weighted by molar-refractivity contribution is 5.92. The van der Waals surface area contributed by atoms with Crippen molar-refractivity contribution in [2.24, 2.45) is 0 Å². The lowest BCUT2D eigenvalue weighted by molar-refractivity contribution is -0.117. The van der Waals surface area contributed by atoms with E-state index >= 15 is 0 Å². The number of Topliss-reactive ketones (excluding diaryl/α,β-unsaturated/α-hetero) is 1. The van der Waals surface area contributed by atoms with Gasteiger partial charge in [-0.25, -0.2) is 0 Å². The van der Waals surface area contributed by atoms with Crippen LogP contribution in [0.1, 0.15) is 20.3 Å². The van der Waals surface area contributed by atoms with Crippen LogP contribution in [-0.4, -0.2) is 18.2 Å². The summed E-state index contributed by atoms with van der Waals surface area (Å²) in [6.07, 6.45) is 0.481. The van der Waals surface area contributed by atoms with E-state index in [1.807, 2.05) is 24.3 Å². The Morgan fingerprint density at radius 3 is 2.31 bits per heavy atom. The summed E-state index contributed by atoms with van der Waals surface area (Å²) in [5.74, 6) is 0.0327. The van der Waals surface area contributed by atoms with Crippen molar-refractivity contribution < 1.29 is 9.59 Å². The summed E-state index contributed by atoms with van der Waals surface area (Å²) in [5.41, 5.74) is 1.57. The topological polar surface area (TPSA) is 58.2 Å². The Labute approximate surface area is 95.0 Å². The maximum absolute atomic E-state index is 11.0. The Balaban J connectivity index is 2.63. The van der Waals surface area contributed by atoms with Crippen LogP contribution < -0.4 is 10.6 Å². The zero-order valence-electron chi connectivity index (χ0n) is 9.54. The van der Waals surface area contributed by atoms with Crippen LogP contribution in [0, 0.1) is 0 Å². The fourth-order valence-corrected chi connectivity index (χ4v) is 1.31. The molecule has 0 saturated heterocycles. The maximum atomic E-state index is 11.0. The first kappa shape index (κ1) is 12.2. The molecular formula is C12H16N2O2. The van der Waals surface area contributed by atoms with Gasteiger partial charge in [0.05, 0.1) is 11.4 Å². The van der Waals surface area contributed by atoms with Crippen LogP contribution in [0.2, 0.25) is 0 Å². The molecule has 0 aromatic heterocycles. The number of nitrogens with one attached hydrogen (secondary N) is 2. The van der Waals surface area contributed by atoms with Gasteiger partial charge in [-0.1, -0.05) is 12.1 Å². The molecule has 4 nitrogen and oxygen atoms in total. The summed E-state index contributed by atoms with van der Waals surface area (Å²) in [5, 5.41) is 5.84. The first-order valence-electron chi connectivity index (χ1n) is 5.19. The second kappa shape index (κ2) is 5.90.